The molecule has 2 aliphatic rings. The summed E-state index contributed by atoms with van der Waals surface area (Å²) in [5.41, 5.74) is 2.82. The summed E-state index contributed by atoms with van der Waals surface area (Å²) in [6, 6.07) is 5.66. The summed E-state index contributed by atoms with van der Waals surface area (Å²) >= 11 is 0. The van der Waals surface area contributed by atoms with Crippen LogP contribution in [0.2, 0.25) is 0 Å². The Hall–Kier alpha value is -1.11. The lowest BCUT2D eigenvalue weighted by Crippen LogP contribution is -2.38. The Morgan fingerprint density at radius 2 is 2.11 bits per heavy atom. The smallest absolute Gasteiger partial charge is 0.301 e. The maximum Gasteiger partial charge on any atom is 0.301 e. The first-order chi connectivity index (χ1) is 9.06. The summed E-state index contributed by atoms with van der Waals surface area (Å²) in [7, 11) is -3.44. The number of anilines is 1. The summed E-state index contributed by atoms with van der Waals surface area (Å²) in [6.07, 6.45) is 1.86. The van der Waals surface area contributed by atoms with Gasteiger partial charge in [-0.1, -0.05) is 6.07 Å². The maximum absolute atomic E-state index is 12.3. The van der Waals surface area contributed by atoms with E-state index in [9.17, 15) is 8.42 Å². The average Bonchev–Trinajstić information content (AvgIpc) is 2.96. The van der Waals surface area contributed by atoms with Crippen LogP contribution in [-0.2, 0) is 28.2 Å². The van der Waals surface area contributed by atoms with E-state index in [2.05, 4.69) is 4.72 Å². The monoisotopic (exact) mass is 282 g/mol. The molecule has 0 aromatic heterocycles. The average molecular weight is 282 g/mol. The molecule has 19 heavy (non-hydrogen) atoms. The first-order valence-electron chi connectivity index (χ1n) is 6.55. The van der Waals surface area contributed by atoms with Crippen LogP contribution < -0.4 is 4.72 Å². The highest BCUT2D eigenvalue weighted by Crippen LogP contribution is 2.26. The van der Waals surface area contributed by atoms with Gasteiger partial charge in [0.1, 0.15) is 0 Å². The fourth-order valence-electron chi connectivity index (χ4n) is 2.71. The van der Waals surface area contributed by atoms with E-state index in [1.54, 1.807) is 6.07 Å². The normalized spacial score (nSPS) is 23.5. The predicted molar refractivity (Wildman–Crippen MR) is 72.9 cm³/mol. The van der Waals surface area contributed by atoms with Gasteiger partial charge in [0.25, 0.3) is 0 Å². The summed E-state index contributed by atoms with van der Waals surface area (Å²) in [5.74, 6) is 0. The van der Waals surface area contributed by atoms with Gasteiger partial charge in [-0.25, -0.2) is 0 Å². The van der Waals surface area contributed by atoms with Gasteiger partial charge in [-0.2, -0.15) is 12.7 Å². The third kappa shape index (κ3) is 2.48. The second-order valence-electron chi connectivity index (χ2n) is 5.19. The number of benzene rings is 1. The Morgan fingerprint density at radius 3 is 2.84 bits per heavy atom. The maximum atomic E-state index is 12.3. The van der Waals surface area contributed by atoms with Gasteiger partial charge in [0.2, 0.25) is 0 Å². The van der Waals surface area contributed by atoms with Gasteiger partial charge in [0.05, 0.1) is 18.9 Å². The van der Waals surface area contributed by atoms with Crippen LogP contribution in [0.3, 0.4) is 0 Å². The highest BCUT2D eigenvalue weighted by atomic mass is 32.2. The molecule has 0 radical (unpaired) electrons. The topological polar surface area (TPSA) is 58.6 Å². The minimum absolute atomic E-state index is 0.0789. The first kappa shape index (κ1) is 12.9. The molecule has 0 aliphatic carbocycles. The van der Waals surface area contributed by atoms with Crippen molar-refractivity contribution in [3.05, 3.63) is 29.3 Å². The predicted octanol–water partition coefficient (Wildman–Crippen LogP) is 1.86. The van der Waals surface area contributed by atoms with Crippen molar-refractivity contribution in [1.82, 2.24) is 4.31 Å². The third-order valence-corrected chi connectivity index (χ3v) is 5.42. The fraction of sp³-hybridized carbons (Fsp3) is 0.538. The van der Waals surface area contributed by atoms with Crippen molar-refractivity contribution >= 4 is 15.9 Å². The molecule has 0 amide bonds. The van der Waals surface area contributed by atoms with Crippen LogP contribution in [0.25, 0.3) is 0 Å². The fourth-order valence-corrected chi connectivity index (χ4v) is 4.20. The Labute approximate surface area is 113 Å². The molecule has 1 saturated heterocycles. The van der Waals surface area contributed by atoms with E-state index in [0.717, 1.165) is 24.0 Å². The van der Waals surface area contributed by atoms with Crippen LogP contribution >= 0.6 is 0 Å². The summed E-state index contributed by atoms with van der Waals surface area (Å²) in [4.78, 5) is 0. The zero-order valence-corrected chi connectivity index (χ0v) is 11.7. The molecule has 2 aliphatic heterocycles. The summed E-state index contributed by atoms with van der Waals surface area (Å²) in [5, 5.41) is 0. The van der Waals surface area contributed by atoms with Crippen molar-refractivity contribution in [3.63, 3.8) is 0 Å². The number of ether oxygens (including phenoxy) is 1. The Morgan fingerprint density at radius 1 is 1.32 bits per heavy atom. The molecule has 3 rings (SSSR count). The van der Waals surface area contributed by atoms with Gasteiger partial charge in [-0.3, -0.25) is 4.72 Å². The lowest BCUT2D eigenvalue weighted by atomic mass is 10.1. The Balaban J connectivity index is 1.81. The quantitative estimate of drug-likeness (QED) is 0.920. The van der Waals surface area contributed by atoms with E-state index < -0.39 is 10.2 Å². The molecule has 1 aromatic rings. The van der Waals surface area contributed by atoms with Gasteiger partial charge in [0, 0.05) is 12.6 Å². The molecule has 0 bridgehead atoms. The van der Waals surface area contributed by atoms with Crippen LogP contribution in [0.15, 0.2) is 18.2 Å². The van der Waals surface area contributed by atoms with Gasteiger partial charge >= 0.3 is 10.2 Å². The van der Waals surface area contributed by atoms with Crippen LogP contribution in [0, 0.1) is 0 Å². The van der Waals surface area contributed by atoms with E-state index in [1.165, 1.54) is 4.31 Å². The minimum Gasteiger partial charge on any atom is -0.372 e. The zero-order chi connectivity index (χ0) is 13.5. The molecule has 6 heteroatoms. The molecule has 1 aromatic carbocycles. The molecule has 5 nitrogen and oxygen atoms in total. The molecule has 1 N–H and O–H groups in total. The van der Waals surface area contributed by atoms with E-state index in [0.29, 0.717) is 25.4 Å². The van der Waals surface area contributed by atoms with Crippen molar-refractivity contribution in [2.75, 3.05) is 11.3 Å². The standard InChI is InChI=1S/C13H18N2O3S/c1-10-3-2-6-15(10)19(16,17)14-13-5-4-11-8-18-9-12(11)7-13/h4-5,7,10,14H,2-3,6,8-9H2,1H3. The lowest BCUT2D eigenvalue weighted by Gasteiger charge is -2.21. The van der Waals surface area contributed by atoms with Gasteiger partial charge in [-0.15, -0.1) is 0 Å². The number of fused-ring (bicyclic) bond motifs is 1. The van der Waals surface area contributed by atoms with Crippen molar-refractivity contribution < 1.29 is 13.2 Å². The number of rotatable bonds is 3. The van der Waals surface area contributed by atoms with Crippen LogP contribution in [0.1, 0.15) is 30.9 Å². The van der Waals surface area contributed by atoms with E-state index >= 15 is 0 Å². The molecular formula is C13H18N2O3S. The molecule has 2 heterocycles. The first-order valence-corrected chi connectivity index (χ1v) is 7.99. The van der Waals surface area contributed by atoms with E-state index in [-0.39, 0.29) is 6.04 Å². The molecule has 0 saturated carbocycles. The SMILES string of the molecule is CC1CCCN1S(=O)(=O)Nc1ccc2c(c1)COC2. The molecule has 1 unspecified atom stereocenters. The summed E-state index contributed by atoms with van der Waals surface area (Å²) < 4.78 is 34.1. The molecule has 0 spiro atoms. The van der Waals surface area contributed by atoms with Gasteiger partial charge in [-0.05, 0) is 43.0 Å². The highest BCUT2D eigenvalue weighted by Gasteiger charge is 2.31. The number of hydrogen-bond donors (Lipinski definition) is 1. The van der Waals surface area contributed by atoms with Gasteiger partial charge < -0.3 is 4.74 Å². The van der Waals surface area contributed by atoms with Crippen molar-refractivity contribution in [2.24, 2.45) is 0 Å². The van der Waals surface area contributed by atoms with E-state index in [4.69, 9.17) is 4.74 Å². The third-order valence-electron chi connectivity index (χ3n) is 3.77. The van der Waals surface area contributed by atoms with E-state index in [1.807, 2.05) is 19.1 Å². The Bertz CT molecular complexity index is 586. The van der Waals surface area contributed by atoms with Crippen molar-refractivity contribution in [3.8, 4) is 0 Å². The number of nitrogens with one attached hydrogen (secondary N) is 1. The van der Waals surface area contributed by atoms with Crippen molar-refractivity contribution in [2.45, 2.75) is 39.0 Å². The Kier molecular flexibility index (Phi) is 3.24. The van der Waals surface area contributed by atoms with Crippen LogP contribution in [0.5, 0.6) is 0 Å². The molecular weight excluding hydrogens is 264 g/mol. The molecule has 104 valence electrons. The number of nitrogens with zero attached hydrogens (tertiary/aromatic N) is 1. The number of hydrogen-bond acceptors (Lipinski definition) is 3. The molecule has 1 fully saturated rings. The second-order valence-corrected chi connectivity index (χ2v) is 6.81. The second kappa shape index (κ2) is 4.77. The largest absolute Gasteiger partial charge is 0.372 e. The van der Waals surface area contributed by atoms with Crippen molar-refractivity contribution in [1.29, 1.82) is 0 Å². The zero-order valence-electron chi connectivity index (χ0n) is 10.9. The van der Waals surface area contributed by atoms with Gasteiger partial charge in [0.15, 0.2) is 0 Å². The highest BCUT2D eigenvalue weighted by molar-refractivity contribution is 7.90. The molecule has 1 atom stereocenters. The van der Waals surface area contributed by atoms with Crippen LogP contribution in [0.4, 0.5) is 5.69 Å². The lowest BCUT2D eigenvalue weighted by molar-refractivity contribution is 0.134. The minimum atomic E-state index is -3.44. The van der Waals surface area contributed by atoms with Crippen LogP contribution in [-0.4, -0.2) is 25.3 Å². The summed E-state index contributed by atoms with van der Waals surface area (Å²) in [6.45, 7) is 3.73.